The number of rotatable bonds is 9. The lowest BCUT2D eigenvalue weighted by atomic mass is 10.2. The van der Waals surface area contributed by atoms with Crippen LogP contribution in [0.5, 0.6) is 0 Å². The van der Waals surface area contributed by atoms with E-state index in [1.54, 1.807) is 0 Å². The third-order valence-corrected chi connectivity index (χ3v) is 3.84. The highest BCUT2D eigenvalue weighted by molar-refractivity contribution is 7.91. The summed E-state index contributed by atoms with van der Waals surface area (Å²) in [5, 5.41) is 8.51. The number of hydrogen-bond acceptors (Lipinski definition) is 4. The van der Waals surface area contributed by atoms with E-state index in [4.69, 9.17) is 10.8 Å². The first-order valence-corrected chi connectivity index (χ1v) is 6.96. The number of hydrogen-bond donors (Lipinski definition) is 2. The van der Waals surface area contributed by atoms with Crippen molar-refractivity contribution in [2.75, 3.05) is 24.7 Å². The van der Waals surface area contributed by atoms with Crippen molar-refractivity contribution in [3.8, 4) is 0 Å². The second-order valence-corrected chi connectivity index (χ2v) is 5.74. The molecule has 0 aliphatic carbocycles. The SMILES string of the molecule is NCCCS(=O)(=O)CCCCCCO. The average molecular weight is 223 g/mol. The summed E-state index contributed by atoms with van der Waals surface area (Å²) in [5.74, 6) is 0.474. The molecule has 86 valence electrons. The van der Waals surface area contributed by atoms with Gasteiger partial charge in [-0.25, -0.2) is 8.42 Å². The Hall–Kier alpha value is -0.130. The van der Waals surface area contributed by atoms with Crippen LogP contribution >= 0.6 is 0 Å². The molecular formula is C9H21NO3S. The van der Waals surface area contributed by atoms with Crippen molar-refractivity contribution in [2.45, 2.75) is 32.1 Å². The zero-order valence-corrected chi connectivity index (χ0v) is 9.43. The van der Waals surface area contributed by atoms with Crippen molar-refractivity contribution in [3.05, 3.63) is 0 Å². The van der Waals surface area contributed by atoms with Gasteiger partial charge in [0.25, 0.3) is 0 Å². The number of nitrogens with two attached hydrogens (primary N) is 1. The van der Waals surface area contributed by atoms with Crippen molar-refractivity contribution in [1.29, 1.82) is 0 Å². The van der Waals surface area contributed by atoms with E-state index in [0.29, 0.717) is 19.4 Å². The van der Waals surface area contributed by atoms with E-state index in [2.05, 4.69) is 0 Å². The Morgan fingerprint density at radius 2 is 1.50 bits per heavy atom. The number of sulfone groups is 1. The van der Waals surface area contributed by atoms with Gasteiger partial charge in [0.2, 0.25) is 0 Å². The minimum Gasteiger partial charge on any atom is -0.396 e. The fraction of sp³-hybridized carbons (Fsp3) is 1.00. The largest absolute Gasteiger partial charge is 0.396 e. The van der Waals surface area contributed by atoms with Crippen molar-refractivity contribution in [1.82, 2.24) is 0 Å². The molecule has 0 saturated carbocycles. The zero-order chi connectivity index (χ0) is 10.9. The normalized spacial score (nSPS) is 11.9. The summed E-state index contributed by atoms with van der Waals surface area (Å²) in [7, 11) is -2.87. The van der Waals surface area contributed by atoms with E-state index in [1.165, 1.54) is 0 Å². The molecule has 0 aliphatic heterocycles. The van der Waals surface area contributed by atoms with Crippen LogP contribution < -0.4 is 5.73 Å². The maximum absolute atomic E-state index is 11.3. The topological polar surface area (TPSA) is 80.4 Å². The molecular weight excluding hydrogens is 202 g/mol. The van der Waals surface area contributed by atoms with Gasteiger partial charge in [-0.05, 0) is 25.8 Å². The van der Waals surface area contributed by atoms with Gasteiger partial charge < -0.3 is 10.8 Å². The molecule has 0 radical (unpaired) electrons. The molecule has 0 aliphatic rings. The van der Waals surface area contributed by atoms with Gasteiger partial charge in [0.1, 0.15) is 9.84 Å². The Morgan fingerprint density at radius 3 is 2.07 bits per heavy atom. The van der Waals surface area contributed by atoms with Gasteiger partial charge >= 0.3 is 0 Å². The van der Waals surface area contributed by atoms with Gasteiger partial charge in [-0.1, -0.05) is 12.8 Å². The number of aliphatic hydroxyl groups excluding tert-OH is 1. The zero-order valence-electron chi connectivity index (χ0n) is 8.61. The maximum Gasteiger partial charge on any atom is 0.150 e. The van der Waals surface area contributed by atoms with E-state index in [1.807, 2.05) is 0 Å². The van der Waals surface area contributed by atoms with Crippen molar-refractivity contribution in [3.63, 3.8) is 0 Å². The minimum atomic E-state index is -2.87. The summed E-state index contributed by atoms with van der Waals surface area (Å²) in [4.78, 5) is 0. The predicted molar refractivity (Wildman–Crippen MR) is 57.9 cm³/mol. The first-order chi connectivity index (χ1) is 6.62. The Balaban J connectivity index is 3.46. The van der Waals surface area contributed by atoms with Crippen molar-refractivity contribution in [2.24, 2.45) is 5.73 Å². The summed E-state index contributed by atoms with van der Waals surface area (Å²) in [5.41, 5.74) is 5.24. The summed E-state index contributed by atoms with van der Waals surface area (Å²) in [6.07, 6.45) is 3.81. The molecule has 0 fully saturated rings. The van der Waals surface area contributed by atoms with Gasteiger partial charge in [0.05, 0.1) is 11.5 Å². The fourth-order valence-corrected chi connectivity index (χ4v) is 2.65. The van der Waals surface area contributed by atoms with Crippen LogP contribution in [0.15, 0.2) is 0 Å². The third-order valence-electron chi connectivity index (χ3n) is 2.02. The van der Waals surface area contributed by atoms with Crippen LogP contribution in [0.1, 0.15) is 32.1 Å². The van der Waals surface area contributed by atoms with E-state index in [0.717, 1.165) is 19.3 Å². The Kier molecular flexibility index (Phi) is 8.12. The van der Waals surface area contributed by atoms with Crippen LogP contribution in [0.25, 0.3) is 0 Å². The lowest BCUT2D eigenvalue weighted by molar-refractivity contribution is 0.283. The van der Waals surface area contributed by atoms with Crippen LogP contribution in [-0.4, -0.2) is 38.2 Å². The van der Waals surface area contributed by atoms with Gasteiger partial charge in [-0.2, -0.15) is 0 Å². The Labute approximate surface area is 86.4 Å². The second kappa shape index (κ2) is 8.20. The molecule has 0 aromatic rings. The molecule has 0 atom stereocenters. The molecule has 0 amide bonds. The molecule has 3 N–H and O–H groups in total. The molecule has 0 saturated heterocycles. The molecule has 0 aromatic carbocycles. The van der Waals surface area contributed by atoms with Crippen molar-refractivity contribution >= 4 is 9.84 Å². The molecule has 0 unspecified atom stereocenters. The predicted octanol–water partition coefficient (Wildman–Crippen LogP) is 0.303. The molecule has 4 nitrogen and oxygen atoms in total. The van der Waals surface area contributed by atoms with Gasteiger partial charge in [0.15, 0.2) is 0 Å². The molecule has 0 aromatic heterocycles. The molecule has 0 heterocycles. The Morgan fingerprint density at radius 1 is 0.929 bits per heavy atom. The molecule has 0 spiro atoms. The smallest absolute Gasteiger partial charge is 0.150 e. The number of unbranched alkanes of at least 4 members (excludes halogenated alkanes) is 3. The summed E-state index contributed by atoms with van der Waals surface area (Å²) in [6.45, 7) is 0.629. The van der Waals surface area contributed by atoms with E-state index in [9.17, 15) is 8.42 Å². The van der Waals surface area contributed by atoms with E-state index in [-0.39, 0.29) is 18.1 Å². The summed E-state index contributed by atoms with van der Waals surface area (Å²) < 4.78 is 22.6. The van der Waals surface area contributed by atoms with Gasteiger partial charge in [0, 0.05) is 6.61 Å². The second-order valence-electron chi connectivity index (χ2n) is 3.43. The van der Waals surface area contributed by atoms with Crippen LogP contribution in [0, 0.1) is 0 Å². The fourth-order valence-electron chi connectivity index (χ4n) is 1.19. The highest BCUT2D eigenvalue weighted by Gasteiger charge is 2.08. The highest BCUT2D eigenvalue weighted by Crippen LogP contribution is 2.03. The number of aliphatic hydroxyl groups is 1. The van der Waals surface area contributed by atoms with Crippen LogP contribution in [0.2, 0.25) is 0 Å². The van der Waals surface area contributed by atoms with Crippen LogP contribution in [0.4, 0.5) is 0 Å². The standard InChI is InChI=1S/C9H21NO3S/c10-6-5-9-14(12,13)8-4-2-1-3-7-11/h11H,1-10H2. The van der Waals surface area contributed by atoms with Crippen LogP contribution in [0.3, 0.4) is 0 Å². The highest BCUT2D eigenvalue weighted by atomic mass is 32.2. The van der Waals surface area contributed by atoms with Gasteiger partial charge in [-0.3, -0.25) is 0 Å². The summed E-state index contributed by atoms with van der Waals surface area (Å²) >= 11 is 0. The van der Waals surface area contributed by atoms with E-state index < -0.39 is 9.84 Å². The first-order valence-electron chi connectivity index (χ1n) is 5.14. The quantitative estimate of drug-likeness (QED) is 0.551. The monoisotopic (exact) mass is 223 g/mol. The maximum atomic E-state index is 11.3. The average Bonchev–Trinajstić information content (AvgIpc) is 2.15. The van der Waals surface area contributed by atoms with E-state index >= 15 is 0 Å². The minimum absolute atomic E-state index is 0.194. The first kappa shape index (κ1) is 13.9. The lowest BCUT2D eigenvalue weighted by Gasteiger charge is -2.02. The molecule has 5 heteroatoms. The molecule has 14 heavy (non-hydrogen) atoms. The molecule has 0 rings (SSSR count). The Bertz CT molecular complexity index is 214. The van der Waals surface area contributed by atoms with Gasteiger partial charge in [-0.15, -0.1) is 0 Å². The van der Waals surface area contributed by atoms with Crippen molar-refractivity contribution < 1.29 is 13.5 Å². The third kappa shape index (κ3) is 8.47. The summed E-state index contributed by atoms with van der Waals surface area (Å²) in [6, 6.07) is 0. The lowest BCUT2D eigenvalue weighted by Crippen LogP contribution is -2.14. The van der Waals surface area contributed by atoms with Crippen LogP contribution in [-0.2, 0) is 9.84 Å². The molecule has 0 bridgehead atoms.